The van der Waals surface area contributed by atoms with E-state index in [2.05, 4.69) is 52.3 Å². The molecule has 2 aromatic carbocycles. The summed E-state index contributed by atoms with van der Waals surface area (Å²) in [6.45, 7) is 6.42. The van der Waals surface area contributed by atoms with Crippen LogP contribution in [0, 0.1) is 23.0 Å². The van der Waals surface area contributed by atoms with Crippen LogP contribution in [0.4, 0.5) is 26.0 Å². The predicted molar refractivity (Wildman–Crippen MR) is 253 cm³/mol. The van der Waals surface area contributed by atoms with E-state index in [0.29, 0.717) is 78.4 Å². The number of benzene rings is 2. The number of ether oxygens (including phenoxy) is 2. The van der Waals surface area contributed by atoms with Gasteiger partial charge in [-0.3, -0.25) is 29.4 Å². The van der Waals surface area contributed by atoms with Gasteiger partial charge in [-0.1, -0.05) is 12.1 Å². The number of aromatic nitrogens is 6. The van der Waals surface area contributed by atoms with Crippen molar-refractivity contribution >= 4 is 34.5 Å². The molecule has 356 valence electrons. The highest BCUT2D eigenvalue weighted by molar-refractivity contribution is 6.01. The summed E-state index contributed by atoms with van der Waals surface area (Å²) in [5.41, 5.74) is 5.89. The molecule has 19 heteroatoms. The molecule has 4 saturated heterocycles. The maximum atomic E-state index is 15.6. The molecule has 5 aliphatic rings. The second-order valence-electron chi connectivity index (χ2n) is 18.7. The van der Waals surface area contributed by atoms with Gasteiger partial charge < -0.3 is 24.6 Å². The Labute approximate surface area is 397 Å². The first-order valence-electron chi connectivity index (χ1n) is 23.8. The molecule has 69 heavy (non-hydrogen) atoms. The van der Waals surface area contributed by atoms with Crippen molar-refractivity contribution in [3.05, 3.63) is 102 Å². The number of piperidine rings is 1. The zero-order chi connectivity index (χ0) is 47.2. The monoisotopic (exact) mass is 937 g/mol. The van der Waals surface area contributed by atoms with E-state index < -0.39 is 17.8 Å². The van der Waals surface area contributed by atoms with Crippen LogP contribution in [0.1, 0.15) is 55.7 Å². The van der Waals surface area contributed by atoms with E-state index in [1.165, 1.54) is 25.3 Å². The molecule has 4 aromatic heterocycles. The Morgan fingerprint density at radius 1 is 0.855 bits per heavy atom. The van der Waals surface area contributed by atoms with Crippen LogP contribution in [0.5, 0.6) is 5.75 Å². The number of morpholine rings is 1. The van der Waals surface area contributed by atoms with Gasteiger partial charge in [-0.05, 0) is 61.9 Å². The minimum Gasteiger partial charge on any atom is -0.495 e. The molecule has 4 aliphatic heterocycles. The molecule has 2 bridgehead atoms. The van der Waals surface area contributed by atoms with Crippen molar-refractivity contribution in [1.82, 2.24) is 44.5 Å². The van der Waals surface area contributed by atoms with E-state index in [1.54, 1.807) is 16.8 Å². The Morgan fingerprint density at radius 2 is 1.62 bits per heavy atom. The summed E-state index contributed by atoms with van der Waals surface area (Å²) in [6.07, 6.45) is 13.7. The first-order valence-corrected chi connectivity index (χ1v) is 23.8. The van der Waals surface area contributed by atoms with Gasteiger partial charge in [0.2, 0.25) is 11.8 Å². The number of piperazine rings is 2. The maximum Gasteiger partial charge on any atom is 0.249 e. The van der Waals surface area contributed by atoms with Crippen molar-refractivity contribution in [2.75, 3.05) is 74.7 Å². The Bertz CT molecular complexity index is 2890. The lowest BCUT2D eigenvalue weighted by atomic mass is 9.90. The number of nitrogens with one attached hydrogen (secondary N) is 2. The highest BCUT2D eigenvalue weighted by Gasteiger charge is 2.39. The lowest BCUT2D eigenvalue weighted by Gasteiger charge is -2.50. The third-order valence-corrected chi connectivity index (χ3v) is 14.6. The number of pyridine rings is 1. The molecule has 6 aromatic rings. The number of rotatable bonds is 11. The number of imide groups is 1. The van der Waals surface area contributed by atoms with Crippen LogP contribution >= 0.6 is 0 Å². The van der Waals surface area contributed by atoms with Crippen molar-refractivity contribution in [3.63, 3.8) is 0 Å². The van der Waals surface area contributed by atoms with Crippen molar-refractivity contribution < 1.29 is 27.8 Å². The zero-order valence-electron chi connectivity index (χ0n) is 38.3. The Morgan fingerprint density at radius 3 is 2.33 bits per heavy atom. The standard InChI is InChI=1S/C50H53F2N13O4/c1-68-45-19-44(40(52)18-42(45)57-41-11-13-47(66)59-50(41)67)61-16-14-60(15-17-61)36-7-9-37(10-8-36)64-25-34(23-55-64)43-28-65-49(33(20-53)22-56-65)48(58-43)32-4-12-46(54-21-32)62-26-38-29-69-30-39(27-62)63(38)24-31-2-5-35(51)6-3-31/h2-6,12,18-19,21-23,25,28,36-39,41,57H,7-11,13-17,24,26-27,29-30H2,1H3,(H,59,66,67)/t36?,37?,38-,39+,41?. The largest absolute Gasteiger partial charge is 0.495 e. The average Bonchev–Trinajstić information content (AvgIpc) is 4.04. The molecule has 2 N–H and O–H groups in total. The van der Waals surface area contributed by atoms with Gasteiger partial charge in [0.1, 0.15) is 46.4 Å². The van der Waals surface area contributed by atoms with E-state index in [0.717, 1.165) is 80.9 Å². The third-order valence-electron chi connectivity index (χ3n) is 14.6. The van der Waals surface area contributed by atoms with Crippen LogP contribution in [0.15, 0.2) is 79.5 Å². The molecule has 1 unspecified atom stereocenters. The number of nitriles is 1. The number of halogens is 2. The maximum absolute atomic E-state index is 15.6. The summed E-state index contributed by atoms with van der Waals surface area (Å²) < 4.78 is 44.6. The van der Waals surface area contributed by atoms with Crippen molar-refractivity contribution in [1.29, 1.82) is 5.26 Å². The molecular weight excluding hydrogens is 885 g/mol. The number of carbonyl (C=O) groups is 2. The minimum absolute atomic E-state index is 0.167. The number of fused-ring (bicyclic) bond motifs is 3. The summed E-state index contributed by atoms with van der Waals surface area (Å²) >= 11 is 0. The summed E-state index contributed by atoms with van der Waals surface area (Å²) in [5.74, 6) is -0.0684. The number of anilines is 3. The van der Waals surface area contributed by atoms with Gasteiger partial charge in [0.05, 0.1) is 79.8 Å². The van der Waals surface area contributed by atoms with Gasteiger partial charge in [-0.2, -0.15) is 15.5 Å². The normalized spacial score (nSPS) is 23.5. The molecule has 11 rings (SSSR count). The topological polar surface area (TPSA) is 174 Å². The minimum atomic E-state index is -0.647. The molecule has 0 radical (unpaired) electrons. The molecule has 3 atom stereocenters. The van der Waals surface area contributed by atoms with Crippen molar-refractivity contribution in [2.45, 2.75) is 75.3 Å². The summed E-state index contributed by atoms with van der Waals surface area (Å²) in [7, 11) is 1.52. The van der Waals surface area contributed by atoms with Crippen LogP contribution in [-0.2, 0) is 20.9 Å². The molecule has 17 nitrogen and oxygen atoms in total. The summed E-state index contributed by atoms with van der Waals surface area (Å²) in [4.78, 5) is 43.4. The van der Waals surface area contributed by atoms with E-state index >= 15 is 4.39 Å². The smallest absolute Gasteiger partial charge is 0.249 e. The van der Waals surface area contributed by atoms with Gasteiger partial charge in [0.15, 0.2) is 0 Å². The lowest BCUT2D eigenvalue weighted by Crippen LogP contribution is -2.64. The third kappa shape index (κ3) is 8.95. The molecule has 5 fully saturated rings. The Balaban J connectivity index is 0.726. The van der Waals surface area contributed by atoms with Gasteiger partial charge >= 0.3 is 0 Å². The first-order chi connectivity index (χ1) is 33.7. The first kappa shape index (κ1) is 44.5. The van der Waals surface area contributed by atoms with Crippen LogP contribution in [0.2, 0.25) is 0 Å². The van der Waals surface area contributed by atoms with Crippen LogP contribution in [0.3, 0.4) is 0 Å². The quantitative estimate of drug-likeness (QED) is 0.158. The second-order valence-corrected chi connectivity index (χ2v) is 18.7. The van der Waals surface area contributed by atoms with Crippen molar-refractivity contribution in [2.24, 2.45) is 0 Å². The van der Waals surface area contributed by atoms with Crippen LogP contribution < -0.4 is 25.2 Å². The molecule has 8 heterocycles. The predicted octanol–water partition coefficient (Wildman–Crippen LogP) is 5.43. The fourth-order valence-electron chi connectivity index (χ4n) is 10.9. The average molecular weight is 938 g/mol. The highest BCUT2D eigenvalue weighted by Crippen LogP contribution is 2.37. The summed E-state index contributed by atoms with van der Waals surface area (Å²) in [6, 6.07) is 16.5. The number of amides is 2. The molecule has 0 spiro atoms. The van der Waals surface area contributed by atoms with E-state index in [1.807, 2.05) is 42.9 Å². The van der Waals surface area contributed by atoms with Gasteiger partial charge in [-0.15, -0.1) is 0 Å². The number of hydrogen-bond donors (Lipinski definition) is 2. The van der Waals surface area contributed by atoms with Crippen LogP contribution in [-0.4, -0.2) is 135 Å². The van der Waals surface area contributed by atoms with Gasteiger partial charge in [-0.25, -0.2) is 23.3 Å². The number of nitrogens with zero attached hydrogens (tertiary/aromatic N) is 11. The van der Waals surface area contributed by atoms with Gasteiger partial charge in [0.25, 0.3) is 0 Å². The fourth-order valence-corrected chi connectivity index (χ4v) is 10.9. The highest BCUT2D eigenvalue weighted by atomic mass is 19.1. The summed E-state index contributed by atoms with van der Waals surface area (Å²) in [5, 5.41) is 24.8. The van der Waals surface area contributed by atoms with E-state index in [9.17, 15) is 19.2 Å². The lowest BCUT2D eigenvalue weighted by molar-refractivity contribution is -0.133. The number of methoxy groups -OCH3 is 1. The molecule has 1 saturated carbocycles. The van der Waals surface area contributed by atoms with Crippen molar-refractivity contribution in [3.8, 4) is 34.3 Å². The van der Waals surface area contributed by atoms with Gasteiger partial charge in [0, 0.05) is 93.9 Å². The van der Waals surface area contributed by atoms with E-state index in [4.69, 9.17) is 24.5 Å². The SMILES string of the molecule is COc1cc(N2CCN(C3CCC(n4cc(-c5cn6ncc(C#N)c6c(-c6ccc(N7C[C@H]8COC[C@@H](C7)N8Cc7ccc(F)cc7)nc6)n5)cn4)CC3)CC2)c(F)cc1NC1CCC(=O)NC1=O. The second kappa shape index (κ2) is 18.8. The molecular formula is C50H53F2N13O4. The van der Waals surface area contributed by atoms with Crippen LogP contribution in [0.25, 0.3) is 28.0 Å². The number of carbonyl (C=O) groups excluding carboxylic acids is 2. The molecule has 2 amide bonds. The van der Waals surface area contributed by atoms with E-state index in [-0.39, 0.29) is 36.3 Å². The molecule has 1 aliphatic carbocycles. The zero-order valence-corrected chi connectivity index (χ0v) is 38.3. The fraction of sp³-hybridized carbons (Fsp3) is 0.420. The number of hydrogen-bond acceptors (Lipinski definition) is 14. The Kier molecular flexibility index (Phi) is 12.1. The Hall–Kier alpha value is -7.01.